The monoisotopic (exact) mass is 353 g/mol. The Kier molecular flexibility index (Phi) is 5.37. The van der Waals surface area contributed by atoms with Crippen molar-refractivity contribution in [2.24, 2.45) is 0 Å². The summed E-state index contributed by atoms with van der Waals surface area (Å²) in [5.41, 5.74) is 0.709. The van der Waals surface area contributed by atoms with Crippen LogP contribution in [0.4, 0.5) is 10.5 Å². The lowest BCUT2D eigenvalue weighted by molar-refractivity contribution is 0.0721. The van der Waals surface area contributed by atoms with Crippen LogP contribution in [0.1, 0.15) is 12.8 Å². The minimum atomic E-state index is -3.39. The molecule has 2 heterocycles. The smallest absolute Gasteiger partial charge is 0.321 e. The van der Waals surface area contributed by atoms with Crippen LogP contribution in [-0.2, 0) is 14.8 Å². The van der Waals surface area contributed by atoms with Crippen LogP contribution in [-0.4, -0.2) is 68.3 Å². The third kappa shape index (κ3) is 3.88. The van der Waals surface area contributed by atoms with Crippen LogP contribution in [0.25, 0.3) is 0 Å². The van der Waals surface area contributed by atoms with Crippen molar-refractivity contribution in [1.29, 1.82) is 0 Å². The number of rotatable bonds is 3. The van der Waals surface area contributed by atoms with Gasteiger partial charge in [-0.25, -0.2) is 13.2 Å². The number of nitrogens with one attached hydrogen (secondary N) is 1. The van der Waals surface area contributed by atoms with Gasteiger partial charge in [0.25, 0.3) is 0 Å². The van der Waals surface area contributed by atoms with Gasteiger partial charge in [-0.05, 0) is 25.0 Å². The van der Waals surface area contributed by atoms with Gasteiger partial charge in [0.05, 0.1) is 18.5 Å². The van der Waals surface area contributed by atoms with Gasteiger partial charge in [0.2, 0.25) is 10.0 Å². The quantitative estimate of drug-likeness (QED) is 0.889. The van der Waals surface area contributed by atoms with Gasteiger partial charge in [-0.1, -0.05) is 18.2 Å². The maximum atomic E-state index is 12.8. The number of benzene rings is 1. The van der Waals surface area contributed by atoms with Crippen molar-refractivity contribution >= 4 is 21.7 Å². The molecule has 2 fully saturated rings. The van der Waals surface area contributed by atoms with Crippen LogP contribution in [0.15, 0.2) is 30.3 Å². The standard InChI is InChI=1S/C16H23N3O4S/c20-16(17-14-5-2-1-3-6-14)18-8-4-7-15(13-18)24(21,22)19-9-11-23-12-10-19/h1-3,5-6,15H,4,7-13H2,(H,17,20)/t15-/m0/s1. The van der Waals surface area contributed by atoms with E-state index in [0.717, 1.165) is 0 Å². The minimum absolute atomic E-state index is 0.234. The zero-order chi connectivity index (χ0) is 17.0. The van der Waals surface area contributed by atoms with Gasteiger partial charge in [0, 0.05) is 31.9 Å². The molecule has 2 saturated heterocycles. The normalized spacial score (nSPS) is 23.0. The first-order valence-corrected chi connectivity index (χ1v) is 9.75. The van der Waals surface area contributed by atoms with E-state index < -0.39 is 15.3 Å². The van der Waals surface area contributed by atoms with Crippen molar-refractivity contribution in [2.45, 2.75) is 18.1 Å². The molecular weight excluding hydrogens is 330 g/mol. The van der Waals surface area contributed by atoms with Crippen LogP contribution in [0, 0.1) is 0 Å². The van der Waals surface area contributed by atoms with Crippen molar-refractivity contribution in [3.8, 4) is 0 Å². The van der Waals surface area contributed by atoms with E-state index in [1.54, 1.807) is 4.90 Å². The zero-order valence-corrected chi connectivity index (χ0v) is 14.4. The summed E-state index contributed by atoms with van der Waals surface area (Å²) in [5, 5.41) is 2.29. The molecule has 8 heteroatoms. The van der Waals surface area contributed by atoms with Gasteiger partial charge >= 0.3 is 6.03 Å². The maximum absolute atomic E-state index is 12.8. The molecule has 2 aliphatic heterocycles. The van der Waals surface area contributed by atoms with Crippen LogP contribution in [0.3, 0.4) is 0 Å². The molecule has 2 aliphatic rings. The SMILES string of the molecule is O=C(Nc1ccccc1)N1CCC[C@H](S(=O)(=O)N2CCOCC2)C1. The Labute approximate surface area is 142 Å². The van der Waals surface area contributed by atoms with E-state index in [0.29, 0.717) is 51.4 Å². The summed E-state index contributed by atoms with van der Waals surface area (Å²) >= 11 is 0. The average molecular weight is 353 g/mol. The Bertz CT molecular complexity index is 659. The number of carbonyl (C=O) groups excluding carboxylic acids is 1. The summed E-state index contributed by atoms with van der Waals surface area (Å²) in [7, 11) is -3.39. The van der Waals surface area contributed by atoms with Crippen LogP contribution >= 0.6 is 0 Å². The van der Waals surface area contributed by atoms with Crippen molar-refractivity contribution in [1.82, 2.24) is 9.21 Å². The van der Waals surface area contributed by atoms with Crippen LogP contribution in [0.2, 0.25) is 0 Å². The number of hydrogen-bond acceptors (Lipinski definition) is 4. The van der Waals surface area contributed by atoms with E-state index in [4.69, 9.17) is 4.74 Å². The van der Waals surface area contributed by atoms with Crippen LogP contribution in [0.5, 0.6) is 0 Å². The lowest BCUT2D eigenvalue weighted by atomic mass is 10.1. The highest BCUT2D eigenvalue weighted by molar-refractivity contribution is 7.89. The molecule has 1 aromatic carbocycles. The molecule has 1 atom stereocenters. The fraction of sp³-hybridized carbons (Fsp3) is 0.562. The molecule has 2 amide bonds. The highest BCUT2D eigenvalue weighted by Gasteiger charge is 2.37. The molecule has 0 spiro atoms. The van der Waals surface area contributed by atoms with Crippen molar-refractivity contribution in [3.63, 3.8) is 0 Å². The molecule has 0 bridgehead atoms. The summed E-state index contributed by atoms with van der Waals surface area (Å²) in [5.74, 6) is 0. The number of sulfonamides is 1. The maximum Gasteiger partial charge on any atom is 0.321 e. The van der Waals surface area contributed by atoms with E-state index in [1.165, 1.54) is 4.31 Å². The number of piperidine rings is 1. The molecule has 3 rings (SSSR count). The molecule has 0 aromatic heterocycles. The number of ether oxygens (including phenoxy) is 1. The van der Waals surface area contributed by atoms with Crippen molar-refractivity contribution < 1.29 is 17.9 Å². The van der Waals surface area contributed by atoms with Crippen LogP contribution < -0.4 is 5.32 Å². The number of anilines is 1. The number of nitrogens with zero attached hydrogens (tertiary/aromatic N) is 2. The van der Waals surface area contributed by atoms with Crippen molar-refractivity contribution in [3.05, 3.63) is 30.3 Å². The number of hydrogen-bond donors (Lipinski definition) is 1. The second kappa shape index (κ2) is 7.50. The topological polar surface area (TPSA) is 79.0 Å². The number of para-hydroxylation sites is 1. The Balaban J connectivity index is 1.64. The number of likely N-dealkylation sites (tertiary alicyclic amines) is 1. The minimum Gasteiger partial charge on any atom is -0.379 e. The highest BCUT2D eigenvalue weighted by atomic mass is 32.2. The second-order valence-corrected chi connectivity index (χ2v) is 8.28. The third-order valence-corrected chi connectivity index (χ3v) is 6.75. The van der Waals surface area contributed by atoms with E-state index in [9.17, 15) is 13.2 Å². The predicted molar refractivity (Wildman–Crippen MR) is 91.4 cm³/mol. The summed E-state index contributed by atoms with van der Waals surface area (Å²) in [6.45, 7) is 2.48. The molecule has 1 aromatic rings. The van der Waals surface area contributed by atoms with Gasteiger partial charge < -0.3 is 15.0 Å². The van der Waals surface area contributed by atoms with E-state index in [2.05, 4.69) is 5.32 Å². The van der Waals surface area contributed by atoms with E-state index in [-0.39, 0.29) is 12.6 Å². The van der Waals surface area contributed by atoms with Gasteiger partial charge in [0.15, 0.2) is 0 Å². The Morgan fingerprint density at radius 1 is 1.12 bits per heavy atom. The predicted octanol–water partition coefficient (Wildman–Crippen LogP) is 1.34. The molecule has 0 saturated carbocycles. The average Bonchev–Trinajstić information content (AvgIpc) is 2.63. The van der Waals surface area contributed by atoms with E-state index >= 15 is 0 Å². The molecule has 0 unspecified atom stereocenters. The molecule has 0 radical (unpaired) electrons. The fourth-order valence-electron chi connectivity index (χ4n) is 3.10. The Morgan fingerprint density at radius 3 is 2.54 bits per heavy atom. The second-order valence-electron chi connectivity index (χ2n) is 6.06. The Hall–Kier alpha value is -1.64. The molecule has 24 heavy (non-hydrogen) atoms. The number of carbonyl (C=O) groups is 1. The summed E-state index contributed by atoms with van der Waals surface area (Å²) in [4.78, 5) is 14.0. The number of morpholine rings is 1. The first-order valence-electron chi connectivity index (χ1n) is 8.25. The summed E-state index contributed by atoms with van der Waals surface area (Å²) < 4.78 is 32.3. The third-order valence-electron chi connectivity index (χ3n) is 4.44. The molecule has 132 valence electrons. The van der Waals surface area contributed by atoms with Gasteiger partial charge in [0.1, 0.15) is 0 Å². The van der Waals surface area contributed by atoms with Gasteiger partial charge in [-0.3, -0.25) is 0 Å². The van der Waals surface area contributed by atoms with Gasteiger partial charge in [-0.2, -0.15) is 4.31 Å². The molecule has 0 aliphatic carbocycles. The molecular formula is C16H23N3O4S. The Morgan fingerprint density at radius 2 is 1.83 bits per heavy atom. The van der Waals surface area contributed by atoms with E-state index in [1.807, 2.05) is 30.3 Å². The fourth-order valence-corrected chi connectivity index (χ4v) is 5.01. The lowest BCUT2D eigenvalue weighted by Gasteiger charge is -2.36. The summed E-state index contributed by atoms with van der Waals surface area (Å²) in [6.07, 6.45) is 1.28. The number of amides is 2. The summed E-state index contributed by atoms with van der Waals surface area (Å²) in [6, 6.07) is 8.94. The first-order chi connectivity index (χ1) is 11.6. The van der Waals surface area contributed by atoms with Crippen molar-refractivity contribution in [2.75, 3.05) is 44.7 Å². The van der Waals surface area contributed by atoms with Gasteiger partial charge in [-0.15, -0.1) is 0 Å². The zero-order valence-electron chi connectivity index (χ0n) is 13.6. The molecule has 1 N–H and O–H groups in total. The lowest BCUT2D eigenvalue weighted by Crippen LogP contribution is -2.52. The largest absolute Gasteiger partial charge is 0.379 e. The highest BCUT2D eigenvalue weighted by Crippen LogP contribution is 2.22. The molecule has 7 nitrogen and oxygen atoms in total. The first kappa shape index (κ1) is 17.2. The number of urea groups is 1.